The third-order valence-corrected chi connectivity index (χ3v) is 6.72. The van der Waals surface area contributed by atoms with Gasteiger partial charge in [0.2, 0.25) is 0 Å². The van der Waals surface area contributed by atoms with Gasteiger partial charge in [0.25, 0.3) is 0 Å². The van der Waals surface area contributed by atoms with Crippen LogP contribution in [0.25, 0.3) is 11.1 Å². The second kappa shape index (κ2) is 9.76. The molecule has 3 rings (SSSR count). The third kappa shape index (κ3) is 6.31. The van der Waals surface area contributed by atoms with E-state index in [0.29, 0.717) is 19.6 Å². The Morgan fingerprint density at radius 3 is 2.38 bits per heavy atom. The molecule has 29 heavy (non-hydrogen) atoms. The Labute approximate surface area is 183 Å². The summed E-state index contributed by atoms with van der Waals surface area (Å²) in [6.45, 7) is 4.47. The van der Waals surface area contributed by atoms with Crippen LogP contribution in [0.1, 0.15) is 25.1 Å². The standard InChI is InChI=1S/C22H22ClNO3S2/c1-22(2,20(25)26)29-21-24-19(14-28-21)11-12-27-13-15-3-5-16(6-4-15)17-7-9-18(23)10-8-17/h3-10,14H,11-13H2,1-2H3,(H,25,26). The van der Waals surface area contributed by atoms with Crippen molar-refractivity contribution in [3.05, 3.63) is 70.2 Å². The first-order chi connectivity index (χ1) is 13.8. The van der Waals surface area contributed by atoms with Crippen molar-refractivity contribution in [3.8, 4) is 11.1 Å². The molecule has 3 aromatic rings. The summed E-state index contributed by atoms with van der Waals surface area (Å²) in [6, 6.07) is 16.1. The van der Waals surface area contributed by atoms with Gasteiger partial charge in [-0.05, 0) is 42.7 Å². The van der Waals surface area contributed by atoms with Crippen LogP contribution in [0, 0.1) is 0 Å². The van der Waals surface area contributed by atoms with Gasteiger partial charge in [0.15, 0.2) is 4.34 Å². The summed E-state index contributed by atoms with van der Waals surface area (Å²) >= 11 is 8.68. The number of aromatic nitrogens is 1. The van der Waals surface area contributed by atoms with Gasteiger partial charge < -0.3 is 9.84 Å². The first-order valence-corrected chi connectivity index (χ1v) is 11.2. The lowest BCUT2D eigenvalue weighted by molar-refractivity contribution is -0.138. The molecule has 0 aliphatic rings. The molecule has 0 spiro atoms. The van der Waals surface area contributed by atoms with Crippen molar-refractivity contribution in [2.45, 2.75) is 36.0 Å². The van der Waals surface area contributed by atoms with Gasteiger partial charge in [0.1, 0.15) is 4.75 Å². The quantitative estimate of drug-likeness (QED) is 0.313. The molecule has 2 aromatic carbocycles. The zero-order valence-corrected chi connectivity index (χ0v) is 18.6. The largest absolute Gasteiger partial charge is 0.480 e. The van der Waals surface area contributed by atoms with Crippen molar-refractivity contribution >= 4 is 40.7 Å². The highest BCUT2D eigenvalue weighted by Crippen LogP contribution is 2.34. The molecule has 1 heterocycles. The Bertz CT molecular complexity index is 953. The Hall–Kier alpha value is -1.86. The summed E-state index contributed by atoms with van der Waals surface area (Å²) in [4.78, 5) is 15.7. The zero-order chi connectivity index (χ0) is 20.9. The fraction of sp³-hybridized carbons (Fsp3) is 0.273. The summed E-state index contributed by atoms with van der Waals surface area (Å²) in [5, 5.41) is 11.9. The first-order valence-electron chi connectivity index (χ1n) is 9.13. The highest BCUT2D eigenvalue weighted by molar-refractivity contribution is 8.02. The van der Waals surface area contributed by atoms with Crippen LogP contribution in [-0.4, -0.2) is 27.4 Å². The van der Waals surface area contributed by atoms with E-state index in [1.807, 2.05) is 29.6 Å². The maximum absolute atomic E-state index is 11.2. The molecule has 1 aromatic heterocycles. The number of hydrogen-bond acceptors (Lipinski definition) is 5. The van der Waals surface area contributed by atoms with Crippen molar-refractivity contribution < 1.29 is 14.6 Å². The van der Waals surface area contributed by atoms with E-state index in [4.69, 9.17) is 16.3 Å². The molecule has 0 fully saturated rings. The van der Waals surface area contributed by atoms with Crippen molar-refractivity contribution in [1.29, 1.82) is 0 Å². The molecule has 0 saturated heterocycles. The molecule has 0 aliphatic carbocycles. The molecule has 0 aliphatic heterocycles. The molecule has 0 saturated carbocycles. The molecule has 7 heteroatoms. The first kappa shape index (κ1) is 21.8. The fourth-order valence-electron chi connectivity index (χ4n) is 2.51. The van der Waals surface area contributed by atoms with E-state index in [-0.39, 0.29) is 0 Å². The average Bonchev–Trinajstić information content (AvgIpc) is 3.13. The number of nitrogens with zero attached hydrogens (tertiary/aromatic N) is 1. The number of halogens is 1. The Kier molecular flexibility index (Phi) is 7.35. The number of hydrogen-bond donors (Lipinski definition) is 1. The van der Waals surface area contributed by atoms with Crippen LogP contribution in [-0.2, 0) is 22.6 Å². The second-order valence-corrected chi connectivity index (χ2v) is 10.2. The smallest absolute Gasteiger partial charge is 0.319 e. The normalized spacial score (nSPS) is 11.6. The minimum absolute atomic E-state index is 0.540. The van der Waals surface area contributed by atoms with Crippen molar-refractivity contribution in [1.82, 2.24) is 4.98 Å². The second-order valence-electron chi connectivity index (χ2n) is 7.03. The van der Waals surface area contributed by atoms with Crippen LogP contribution in [0.15, 0.2) is 58.3 Å². The Morgan fingerprint density at radius 2 is 1.76 bits per heavy atom. The van der Waals surface area contributed by atoms with Crippen LogP contribution in [0.2, 0.25) is 5.02 Å². The molecule has 0 atom stereocenters. The number of aliphatic carboxylic acids is 1. The third-order valence-electron chi connectivity index (χ3n) is 4.29. The molecule has 0 bridgehead atoms. The monoisotopic (exact) mass is 447 g/mol. The van der Waals surface area contributed by atoms with Crippen molar-refractivity contribution in [2.75, 3.05) is 6.61 Å². The predicted octanol–water partition coefficient (Wildman–Crippen LogP) is 6.18. The lowest BCUT2D eigenvalue weighted by atomic mass is 10.0. The van der Waals surface area contributed by atoms with Gasteiger partial charge in [-0.15, -0.1) is 11.3 Å². The number of carboxylic acids is 1. The molecule has 0 unspecified atom stereocenters. The highest BCUT2D eigenvalue weighted by atomic mass is 35.5. The molecular formula is C22H22ClNO3S2. The van der Waals surface area contributed by atoms with Crippen LogP contribution < -0.4 is 0 Å². The topological polar surface area (TPSA) is 59.4 Å². The summed E-state index contributed by atoms with van der Waals surface area (Å²) in [5.41, 5.74) is 4.31. The minimum Gasteiger partial charge on any atom is -0.480 e. The lowest BCUT2D eigenvalue weighted by Crippen LogP contribution is -2.26. The number of carbonyl (C=O) groups is 1. The lowest BCUT2D eigenvalue weighted by Gasteiger charge is -2.15. The van der Waals surface area contributed by atoms with E-state index >= 15 is 0 Å². The minimum atomic E-state index is -0.885. The van der Waals surface area contributed by atoms with Crippen LogP contribution in [0.4, 0.5) is 0 Å². The van der Waals surface area contributed by atoms with E-state index in [1.165, 1.54) is 23.1 Å². The van der Waals surface area contributed by atoms with Crippen molar-refractivity contribution in [2.24, 2.45) is 0 Å². The summed E-state index contributed by atoms with van der Waals surface area (Å²) in [5.74, 6) is -0.843. The van der Waals surface area contributed by atoms with E-state index in [0.717, 1.165) is 31.7 Å². The summed E-state index contributed by atoms with van der Waals surface area (Å²) < 4.78 is 5.66. The number of ether oxygens (including phenoxy) is 1. The Balaban J connectivity index is 1.45. The Morgan fingerprint density at radius 1 is 1.14 bits per heavy atom. The average molecular weight is 448 g/mol. The van der Waals surface area contributed by atoms with Gasteiger partial charge in [-0.25, -0.2) is 4.98 Å². The van der Waals surface area contributed by atoms with Gasteiger partial charge in [0.05, 0.1) is 18.9 Å². The maximum Gasteiger partial charge on any atom is 0.319 e. The van der Waals surface area contributed by atoms with E-state index in [1.54, 1.807) is 13.8 Å². The zero-order valence-electron chi connectivity index (χ0n) is 16.2. The number of thioether (sulfide) groups is 1. The molecule has 0 radical (unpaired) electrons. The van der Waals surface area contributed by atoms with Gasteiger partial charge in [0, 0.05) is 16.8 Å². The highest BCUT2D eigenvalue weighted by Gasteiger charge is 2.29. The SMILES string of the molecule is CC(C)(Sc1nc(CCOCc2ccc(-c3ccc(Cl)cc3)cc2)cs1)C(=O)O. The molecule has 152 valence electrons. The maximum atomic E-state index is 11.2. The number of benzene rings is 2. The van der Waals surface area contributed by atoms with E-state index < -0.39 is 10.7 Å². The molecule has 1 N–H and O–H groups in total. The van der Waals surface area contributed by atoms with Crippen LogP contribution in [0.5, 0.6) is 0 Å². The van der Waals surface area contributed by atoms with Gasteiger partial charge >= 0.3 is 5.97 Å². The van der Waals surface area contributed by atoms with Gasteiger partial charge in [-0.1, -0.05) is 59.8 Å². The van der Waals surface area contributed by atoms with Crippen molar-refractivity contribution in [3.63, 3.8) is 0 Å². The summed E-state index contributed by atoms with van der Waals surface area (Å²) in [7, 11) is 0. The fourth-order valence-corrected chi connectivity index (χ4v) is 4.87. The molecular weight excluding hydrogens is 426 g/mol. The molecule has 0 amide bonds. The van der Waals surface area contributed by atoms with Gasteiger partial charge in [-0.2, -0.15) is 0 Å². The van der Waals surface area contributed by atoms with E-state index in [2.05, 4.69) is 29.2 Å². The number of carboxylic acid groups (broad SMARTS) is 1. The van der Waals surface area contributed by atoms with Crippen LogP contribution in [0.3, 0.4) is 0 Å². The van der Waals surface area contributed by atoms with Gasteiger partial charge in [-0.3, -0.25) is 4.79 Å². The van der Waals surface area contributed by atoms with Crippen LogP contribution >= 0.6 is 34.7 Å². The summed E-state index contributed by atoms with van der Waals surface area (Å²) in [6.07, 6.45) is 0.702. The number of thiazole rings is 1. The van der Waals surface area contributed by atoms with E-state index in [9.17, 15) is 9.90 Å². The molecule has 4 nitrogen and oxygen atoms in total. The predicted molar refractivity (Wildman–Crippen MR) is 120 cm³/mol. The number of rotatable bonds is 9.